The molecule has 0 spiro atoms. The molecule has 2 heterocycles. The summed E-state index contributed by atoms with van der Waals surface area (Å²) in [5.74, 6) is 0.948. The Hall–Kier alpha value is -1.13. The van der Waals surface area contributed by atoms with E-state index in [0.717, 1.165) is 18.1 Å². The van der Waals surface area contributed by atoms with Gasteiger partial charge in [-0.15, -0.1) is 0 Å². The fourth-order valence-corrected chi connectivity index (χ4v) is 2.53. The van der Waals surface area contributed by atoms with Crippen LogP contribution in [0.1, 0.15) is 18.5 Å². The number of anilines is 1. The predicted molar refractivity (Wildman–Crippen MR) is 75.8 cm³/mol. The highest BCUT2D eigenvalue weighted by Gasteiger charge is 2.20. The third kappa shape index (κ3) is 3.43. The molecular formula is C14H24N4. The van der Waals surface area contributed by atoms with Gasteiger partial charge in [0.25, 0.3) is 0 Å². The van der Waals surface area contributed by atoms with Crippen LogP contribution in [0.5, 0.6) is 0 Å². The lowest BCUT2D eigenvalue weighted by atomic mass is 10.0. The number of pyridine rings is 1. The van der Waals surface area contributed by atoms with E-state index < -0.39 is 0 Å². The molecule has 0 atom stereocenters. The molecule has 1 aliphatic heterocycles. The fourth-order valence-electron chi connectivity index (χ4n) is 2.53. The Kier molecular flexibility index (Phi) is 4.55. The largest absolute Gasteiger partial charge is 0.373 e. The first kappa shape index (κ1) is 13.3. The Balaban J connectivity index is 1.91. The molecule has 1 fully saturated rings. The number of piperidine rings is 1. The van der Waals surface area contributed by atoms with Crippen molar-refractivity contribution >= 4 is 5.82 Å². The molecule has 0 aliphatic carbocycles. The molecule has 1 N–H and O–H groups in total. The first-order valence-corrected chi connectivity index (χ1v) is 6.71. The van der Waals surface area contributed by atoms with Crippen LogP contribution < -0.4 is 5.32 Å². The average molecular weight is 248 g/mol. The summed E-state index contributed by atoms with van der Waals surface area (Å²) in [6.45, 7) is 3.35. The molecule has 1 aromatic heterocycles. The molecule has 1 aliphatic rings. The molecule has 1 aromatic rings. The maximum absolute atomic E-state index is 4.58. The van der Waals surface area contributed by atoms with Crippen LogP contribution in [0, 0.1) is 0 Å². The van der Waals surface area contributed by atoms with Crippen molar-refractivity contribution in [3.05, 3.63) is 23.9 Å². The van der Waals surface area contributed by atoms with E-state index in [1.165, 1.54) is 25.9 Å². The van der Waals surface area contributed by atoms with Gasteiger partial charge in [-0.3, -0.25) is 4.90 Å². The zero-order chi connectivity index (χ0) is 13.0. The molecule has 0 unspecified atom stereocenters. The van der Waals surface area contributed by atoms with Gasteiger partial charge in [0.15, 0.2) is 0 Å². The summed E-state index contributed by atoms with van der Waals surface area (Å²) in [7, 11) is 6.32. The maximum atomic E-state index is 4.58. The highest BCUT2D eigenvalue weighted by Crippen LogP contribution is 2.16. The maximum Gasteiger partial charge on any atom is 0.126 e. The van der Waals surface area contributed by atoms with Crippen LogP contribution in [0.25, 0.3) is 0 Å². The van der Waals surface area contributed by atoms with E-state index >= 15 is 0 Å². The quantitative estimate of drug-likeness (QED) is 0.878. The minimum Gasteiger partial charge on any atom is -0.373 e. The van der Waals surface area contributed by atoms with Crippen molar-refractivity contribution in [3.8, 4) is 0 Å². The van der Waals surface area contributed by atoms with E-state index in [-0.39, 0.29) is 0 Å². The highest BCUT2D eigenvalue weighted by atomic mass is 15.2. The van der Waals surface area contributed by atoms with E-state index in [4.69, 9.17) is 0 Å². The lowest BCUT2D eigenvalue weighted by Gasteiger charge is -2.34. The zero-order valence-electron chi connectivity index (χ0n) is 11.7. The smallest absolute Gasteiger partial charge is 0.126 e. The summed E-state index contributed by atoms with van der Waals surface area (Å²) < 4.78 is 0. The topological polar surface area (TPSA) is 31.4 Å². The Bertz CT molecular complexity index is 372. The third-order valence-corrected chi connectivity index (χ3v) is 3.79. The summed E-state index contributed by atoms with van der Waals surface area (Å²) in [5, 5.41) is 3.09. The number of likely N-dealkylation sites (tertiary alicyclic amines) is 1. The molecular weight excluding hydrogens is 224 g/mol. The van der Waals surface area contributed by atoms with Crippen molar-refractivity contribution in [1.29, 1.82) is 0 Å². The minimum absolute atomic E-state index is 0.696. The summed E-state index contributed by atoms with van der Waals surface area (Å²) >= 11 is 0. The Morgan fingerprint density at radius 1 is 1.39 bits per heavy atom. The van der Waals surface area contributed by atoms with Gasteiger partial charge in [-0.2, -0.15) is 0 Å². The fraction of sp³-hybridized carbons (Fsp3) is 0.643. The summed E-state index contributed by atoms with van der Waals surface area (Å²) in [6, 6.07) is 6.86. The summed E-state index contributed by atoms with van der Waals surface area (Å²) in [6.07, 6.45) is 2.53. The second kappa shape index (κ2) is 6.16. The van der Waals surface area contributed by atoms with Crippen LogP contribution in [0.3, 0.4) is 0 Å². The van der Waals surface area contributed by atoms with E-state index in [0.29, 0.717) is 6.04 Å². The average Bonchev–Trinajstić information content (AvgIpc) is 2.39. The highest BCUT2D eigenvalue weighted by molar-refractivity contribution is 5.34. The number of nitrogens with zero attached hydrogens (tertiary/aromatic N) is 3. The molecule has 1 saturated heterocycles. The molecule has 0 bridgehead atoms. The van der Waals surface area contributed by atoms with Crippen LogP contribution in [0.2, 0.25) is 0 Å². The molecule has 0 amide bonds. The Morgan fingerprint density at radius 2 is 2.11 bits per heavy atom. The first-order chi connectivity index (χ1) is 8.69. The van der Waals surface area contributed by atoms with Gasteiger partial charge in [0.2, 0.25) is 0 Å². The molecule has 0 aromatic carbocycles. The van der Waals surface area contributed by atoms with Crippen molar-refractivity contribution in [2.75, 3.05) is 39.5 Å². The number of hydrogen-bond acceptors (Lipinski definition) is 4. The second-order valence-electron chi connectivity index (χ2n) is 5.21. The van der Waals surface area contributed by atoms with Gasteiger partial charge in [0, 0.05) is 19.6 Å². The third-order valence-electron chi connectivity index (χ3n) is 3.79. The molecule has 0 saturated carbocycles. The number of rotatable bonds is 4. The van der Waals surface area contributed by atoms with Crippen molar-refractivity contribution < 1.29 is 0 Å². The number of hydrogen-bond donors (Lipinski definition) is 1. The van der Waals surface area contributed by atoms with Gasteiger partial charge in [-0.05, 0) is 52.2 Å². The standard InChI is InChI=1S/C14H24N4/c1-15-14-6-4-5-12(16-14)11-18(3)13-7-9-17(2)10-8-13/h4-6,13H,7-11H2,1-3H3,(H,15,16). The van der Waals surface area contributed by atoms with Crippen LogP contribution in [-0.2, 0) is 6.54 Å². The molecule has 4 heteroatoms. The van der Waals surface area contributed by atoms with Gasteiger partial charge in [-0.25, -0.2) is 4.98 Å². The Morgan fingerprint density at radius 3 is 2.78 bits per heavy atom. The first-order valence-electron chi connectivity index (χ1n) is 6.71. The Labute approximate surface area is 110 Å². The van der Waals surface area contributed by atoms with E-state index in [1.54, 1.807) is 0 Å². The van der Waals surface area contributed by atoms with Gasteiger partial charge in [-0.1, -0.05) is 6.07 Å². The molecule has 2 rings (SSSR count). The lowest BCUT2D eigenvalue weighted by molar-refractivity contribution is 0.138. The van der Waals surface area contributed by atoms with E-state index in [2.05, 4.69) is 46.3 Å². The minimum atomic E-state index is 0.696. The lowest BCUT2D eigenvalue weighted by Crippen LogP contribution is -2.41. The summed E-state index contributed by atoms with van der Waals surface area (Å²) in [5.41, 5.74) is 1.14. The molecule has 4 nitrogen and oxygen atoms in total. The number of aromatic nitrogens is 1. The monoisotopic (exact) mass is 248 g/mol. The van der Waals surface area contributed by atoms with E-state index in [9.17, 15) is 0 Å². The molecule has 18 heavy (non-hydrogen) atoms. The van der Waals surface area contributed by atoms with Gasteiger partial charge in [0.1, 0.15) is 5.82 Å². The predicted octanol–water partition coefficient (Wildman–Crippen LogP) is 1.65. The van der Waals surface area contributed by atoms with Crippen LogP contribution >= 0.6 is 0 Å². The second-order valence-corrected chi connectivity index (χ2v) is 5.21. The van der Waals surface area contributed by atoms with Crippen LogP contribution in [0.4, 0.5) is 5.82 Å². The normalized spacial score (nSPS) is 18.2. The van der Waals surface area contributed by atoms with Crippen LogP contribution in [-0.4, -0.2) is 55.1 Å². The number of nitrogens with one attached hydrogen (secondary N) is 1. The van der Waals surface area contributed by atoms with Crippen molar-refractivity contribution in [1.82, 2.24) is 14.8 Å². The molecule has 0 radical (unpaired) electrons. The van der Waals surface area contributed by atoms with Gasteiger partial charge >= 0.3 is 0 Å². The van der Waals surface area contributed by atoms with Crippen molar-refractivity contribution in [2.45, 2.75) is 25.4 Å². The van der Waals surface area contributed by atoms with Gasteiger partial charge < -0.3 is 10.2 Å². The van der Waals surface area contributed by atoms with Crippen molar-refractivity contribution in [2.24, 2.45) is 0 Å². The molecule has 100 valence electrons. The van der Waals surface area contributed by atoms with Crippen molar-refractivity contribution in [3.63, 3.8) is 0 Å². The van der Waals surface area contributed by atoms with Crippen LogP contribution in [0.15, 0.2) is 18.2 Å². The summed E-state index contributed by atoms with van der Waals surface area (Å²) in [4.78, 5) is 9.42. The SMILES string of the molecule is CNc1cccc(CN(C)C2CCN(C)CC2)n1. The van der Waals surface area contributed by atoms with Gasteiger partial charge in [0.05, 0.1) is 5.69 Å². The zero-order valence-corrected chi connectivity index (χ0v) is 11.7. The van der Waals surface area contributed by atoms with E-state index in [1.807, 2.05) is 13.1 Å².